The van der Waals surface area contributed by atoms with Crippen molar-refractivity contribution in [2.75, 3.05) is 0 Å². The first-order valence-corrected chi connectivity index (χ1v) is 5.18. The molecule has 98 valence electrons. The third kappa shape index (κ3) is 2.70. The number of carbonyl (C=O) groups is 1. The van der Waals surface area contributed by atoms with Gasteiger partial charge in [-0.25, -0.2) is 9.97 Å². The maximum Gasteiger partial charge on any atom is 0.416 e. The largest absolute Gasteiger partial charge is 0.416 e. The molecule has 0 spiro atoms. The Morgan fingerprint density at radius 1 is 1.16 bits per heavy atom. The van der Waals surface area contributed by atoms with Gasteiger partial charge in [-0.1, -0.05) is 0 Å². The van der Waals surface area contributed by atoms with Crippen molar-refractivity contribution in [3.05, 3.63) is 47.8 Å². The molecule has 1 aromatic heterocycles. The molecule has 0 atom stereocenters. The van der Waals surface area contributed by atoms with Gasteiger partial charge >= 0.3 is 6.18 Å². The standard InChI is InChI=1S/C12H8F3N3O/c13-12(14,15)7-2-3-8(10(16)19)9(6-7)11-17-4-1-5-18-11/h1-6H,(H2,16,19). The summed E-state index contributed by atoms with van der Waals surface area (Å²) in [6.07, 6.45) is -1.78. The average Bonchev–Trinajstić information content (AvgIpc) is 2.38. The molecule has 0 aliphatic heterocycles. The normalized spacial score (nSPS) is 11.3. The number of hydrogen-bond donors (Lipinski definition) is 1. The first-order chi connectivity index (χ1) is 8.89. The molecule has 2 N–H and O–H groups in total. The van der Waals surface area contributed by atoms with Crippen LogP contribution in [0.2, 0.25) is 0 Å². The molecule has 0 saturated carbocycles. The SMILES string of the molecule is NC(=O)c1ccc(C(F)(F)F)cc1-c1ncccn1. The van der Waals surface area contributed by atoms with Crippen LogP contribution in [0.3, 0.4) is 0 Å². The summed E-state index contributed by atoms with van der Waals surface area (Å²) >= 11 is 0. The summed E-state index contributed by atoms with van der Waals surface area (Å²) in [5.41, 5.74) is 4.15. The van der Waals surface area contributed by atoms with Gasteiger partial charge < -0.3 is 5.73 Å². The van der Waals surface area contributed by atoms with E-state index in [1.807, 2.05) is 0 Å². The summed E-state index contributed by atoms with van der Waals surface area (Å²) in [5.74, 6) is -0.821. The summed E-state index contributed by atoms with van der Waals surface area (Å²) in [7, 11) is 0. The lowest BCUT2D eigenvalue weighted by Crippen LogP contribution is -2.14. The molecule has 1 aromatic carbocycles. The van der Waals surface area contributed by atoms with Crippen molar-refractivity contribution in [1.29, 1.82) is 0 Å². The smallest absolute Gasteiger partial charge is 0.366 e. The van der Waals surface area contributed by atoms with Gasteiger partial charge in [0.05, 0.1) is 11.1 Å². The van der Waals surface area contributed by atoms with Crippen LogP contribution in [0.5, 0.6) is 0 Å². The summed E-state index contributed by atoms with van der Waals surface area (Å²) < 4.78 is 38.0. The Morgan fingerprint density at radius 3 is 2.32 bits per heavy atom. The second-order valence-corrected chi connectivity index (χ2v) is 3.69. The molecule has 1 heterocycles. The van der Waals surface area contributed by atoms with E-state index in [0.29, 0.717) is 0 Å². The van der Waals surface area contributed by atoms with Crippen molar-refractivity contribution in [2.45, 2.75) is 6.18 Å². The van der Waals surface area contributed by atoms with E-state index in [0.717, 1.165) is 18.2 Å². The summed E-state index contributed by atoms with van der Waals surface area (Å²) in [5, 5.41) is 0. The van der Waals surface area contributed by atoms with Crippen molar-refractivity contribution in [3.8, 4) is 11.4 Å². The van der Waals surface area contributed by atoms with E-state index in [2.05, 4.69) is 9.97 Å². The van der Waals surface area contributed by atoms with E-state index in [4.69, 9.17) is 5.73 Å². The minimum absolute atomic E-state index is 0.0161. The highest BCUT2D eigenvalue weighted by Gasteiger charge is 2.31. The molecule has 0 saturated heterocycles. The van der Waals surface area contributed by atoms with Gasteiger partial charge in [-0.05, 0) is 24.3 Å². The number of rotatable bonds is 2. The first kappa shape index (κ1) is 13.0. The van der Waals surface area contributed by atoms with Gasteiger partial charge in [-0.2, -0.15) is 13.2 Å². The highest BCUT2D eigenvalue weighted by atomic mass is 19.4. The number of benzene rings is 1. The Bertz CT molecular complexity index is 611. The van der Waals surface area contributed by atoms with Gasteiger partial charge in [0.2, 0.25) is 5.91 Å². The summed E-state index contributed by atoms with van der Waals surface area (Å²) in [6, 6.07) is 4.15. The van der Waals surface area contributed by atoms with Gasteiger partial charge in [0.1, 0.15) is 0 Å². The highest BCUT2D eigenvalue weighted by molar-refractivity contribution is 5.99. The van der Waals surface area contributed by atoms with Crippen LogP contribution >= 0.6 is 0 Å². The lowest BCUT2D eigenvalue weighted by atomic mass is 10.0. The third-order valence-corrected chi connectivity index (χ3v) is 2.42. The highest BCUT2D eigenvalue weighted by Crippen LogP contribution is 2.32. The van der Waals surface area contributed by atoms with Crippen molar-refractivity contribution in [1.82, 2.24) is 9.97 Å². The lowest BCUT2D eigenvalue weighted by molar-refractivity contribution is -0.137. The van der Waals surface area contributed by atoms with Crippen LogP contribution in [0.4, 0.5) is 13.2 Å². The number of carbonyl (C=O) groups excluding carboxylic acids is 1. The zero-order valence-electron chi connectivity index (χ0n) is 9.48. The van der Waals surface area contributed by atoms with Crippen LogP contribution in [0.25, 0.3) is 11.4 Å². The monoisotopic (exact) mass is 267 g/mol. The number of aromatic nitrogens is 2. The second-order valence-electron chi connectivity index (χ2n) is 3.69. The molecular weight excluding hydrogens is 259 g/mol. The molecular formula is C12H8F3N3O. The van der Waals surface area contributed by atoms with Crippen LogP contribution in [0.15, 0.2) is 36.7 Å². The average molecular weight is 267 g/mol. The maximum atomic E-state index is 12.7. The Labute approximate surface area is 106 Å². The molecule has 0 bridgehead atoms. The van der Waals surface area contributed by atoms with E-state index in [-0.39, 0.29) is 17.0 Å². The predicted molar refractivity (Wildman–Crippen MR) is 61.0 cm³/mol. The molecule has 19 heavy (non-hydrogen) atoms. The van der Waals surface area contributed by atoms with Gasteiger partial charge in [-0.15, -0.1) is 0 Å². The molecule has 1 amide bonds. The van der Waals surface area contributed by atoms with Crippen LogP contribution in [0.1, 0.15) is 15.9 Å². The number of primary amides is 1. The zero-order chi connectivity index (χ0) is 14.0. The van der Waals surface area contributed by atoms with Gasteiger partial charge in [-0.3, -0.25) is 4.79 Å². The number of halogens is 3. The topological polar surface area (TPSA) is 68.9 Å². The Morgan fingerprint density at radius 2 is 1.79 bits per heavy atom. The summed E-state index contributed by atoms with van der Waals surface area (Å²) in [4.78, 5) is 18.9. The maximum absolute atomic E-state index is 12.7. The van der Waals surface area contributed by atoms with Gasteiger partial charge in [0.15, 0.2) is 5.82 Å². The van der Waals surface area contributed by atoms with E-state index in [9.17, 15) is 18.0 Å². The van der Waals surface area contributed by atoms with Crippen molar-refractivity contribution in [3.63, 3.8) is 0 Å². The van der Waals surface area contributed by atoms with Gasteiger partial charge in [0, 0.05) is 18.0 Å². The molecule has 2 rings (SSSR count). The molecule has 0 aliphatic rings. The molecule has 0 aliphatic carbocycles. The van der Waals surface area contributed by atoms with Gasteiger partial charge in [0.25, 0.3) is 0 Å². The molecule has 0 radical (unpaired) electrons. The Kier molecular flexibility index (Phi) is 3.20. The van der Waals surface area contributed by atoms with E-state index >= 15 is 0 Å². The van der Waals surface area contributed by atoms with Crippen molar-refractivity contribution < 1.29 is 18.0 Å². The summed E-state index contributed by atoms with van der Waals surface area (Å²) in [6.45, 7) is 0. The Hall–Kier alpha value is -2.44. The van der Waals surface area contributed by atoms with Crippen LogP contribution in [-0.2, 0) is 6.18 Å². The van der Waals surface area contributed by atoms with Crippen LogP contribution < -0.4 is 5.73 Å². The van der Waals surface area contributed by atoms with Crippen LogP contribution in [0, 0.1) is 0 Å². The molecule has 7 heteroatoms. The number of amides is 1. The number of hydrogen-bond acceptors (Lipinski definition) is 3. The predicted octanol–water partition coefficient (Wildman–Crippen LogP) is 2.26. The number of nitrogens with two attached hydrogens (primary N) is 1. The quantitative estimate of drug-likeness (QED) is 0.907. The zero-order valence-corrected chi connectivity index (χ0v) is 9.48. The molecule has 2 aromatic rings. The third-order valence-electron chi connectivity index (χ3n) is 2.42. The fourth-order valence-corrected chi connectivity index (χ4v) is 1.56. The van der Waals surface area contributed by atoms with E-state index in [1.54, 1.807) is 0 Å². The van der Waals surface area contributed by atoms with E-state index < -0.39 is 17.6 Å². The fraction of sp³-hybridized carbons (Fsp3) is 0.0833. The van der Waals surface area contributed by atoms with Crippen molar-refractivity contribution >= 4 is 5.91 Å². The molecule has 0 fully saturated rings. The van der Waals surface area contributed by atoms with E-state index in [1.165, 1.54) is 18.5 Å². The fourth-order valence-electron chi connectivity index (χ4n) is 1.56. The Balaban J connectivity index is 2.65. The second kappa shape index (κ2) is 4.68. The molecule has 0 unspecified atom stereocenters. The first-order valence-electron chi connectivity index (χ1n) is 5.18. The number of nitrogens with zero attached hydrogens (tertiary/aromatic N) is 2. The number of alkyl halides is 3. The van der Waals surface area contributed by atoms with Crippen molar-refractivity contribution in [2.24, 2.45) is 5.73 Å². The molecule has 4 nitrogen and oxygen atoms in total. The minimum Gasteiger partial charge on any atom is -0.366 e. The van der Waals surface area contributed by atoms with Crippen LogP contribution in [-0.4, -0.2) is 15.9 Å². The lowest BCUT2D eigenvalue weighted by Gasteiger charge is -2.10. The minimum atomic E-state index is -4.51.